The fourth-order valence-electron chi connectivity index (χ4n) is 5.37. The zero-order valence-corrected chi connectivity index (χ0v) is 20.2. The van der Waals surface area contributed by atoms with Gasteiger partial charge in [0.15, 0.2) is 0 Å². The maximum Gasteiger partial charge on any atom is 0.260 e. The van der Waals surface area contributed by atoms with Crippen LogP contribution in [0, 0.1) is 5.82 Å². The van der Waals surface area contributed by atoms with E-state index < -0.39 is 0 Å². The van der Waals surface area contributed by atoms with Crippen molar-refractivity contribution in [2.24, 2.45) is 0 Å². The number of amides is 2. The molecule has 2 aromatic carbocycles. The van der Waals surface area contributed by atoms with Gasteiger partial charge in [0.1, 0.15) is 5.82 Å². The van der Waals surface area contributed by atoms with Crippen molar-refractivity contribution in [3.05, 3.63) is 75.9 Å². The molecular weight excluding hydrogens is 447 g/mol. The van der Waals surface area contributed by atoms with Gasteiger partial charge in [0.25, 0.3) is 11.8 Å². The number of carbonyl (C=O) groups excluding carboxylic acids is 2. The van der Waals surface area contributed by atoms with Gasteiger partial charge in [-0.25, -0.2) is 4.39 Å². The summed E-state index contributed by atoms with van der Waals surface area (Å²) >= 11 is 1.70. The third-order valence-electron chi connectivity index (χ3n) is 7.25. The highest BCUT2D eigenvalue weighted by Gasteiger charge is 2.40. The molecule has 1 heterocycles. The summed E-state index contributed by atoms with van der Waals surface area (Å²) in [6.07, 6.45) is 10.9. The lowest BCUT2D eigenvalue weighted by atomic mass is 9.92. The van der Waals surface area contributed by atoms with E-state index in [0.29, 0.717) is 23.4 Å². The maximum atomic E-state index is 13.5. The Kier molecular flexibility index (Phi) is 7.05. The van der Waals surface area contributed by atoms with Crippen molar-refractivity contribution in [1.82, 2.24) is 10.2 Å². The summed E-state index contributed by atoms with van der Waals surface area (Å²) in [5.74, 6) is -0.244. The van der Waals surface area contributed by atoms with Gasteiger partial charge in [-0.2, -0.15) is 0 Å². The fourth-order valence-corrected chi connectivity index (χ4v) is 6.84. The zero-order valence-electron chi connectivity index (χ0n) is 19.3. The molecule has 34 heavy (non-hydrogen) atoms. The lowest BCUT2D eigenvalue weighted by Gasteiger charge is -2.44. The highest BCUT2D eigenvalue weighted by molar-refractivity contribution is 8.04. The molecule has 0 aromatic heterocycles. The largest absolute Gasteiger partial charge is 0.349 e. The first kappa shape index (κ1) is 23.2. The highest BCUT2D eigenvalue weighted by Crippen LogP contribution is 2.42. The Hall–Kier alpha value is -2.60. The van der Waals surface area contributed by atoms with E-state index in [4.69, 9.17) is 0 Å². The van der Waals surface area contributed by atoms with Crippen LogP contribution in [0.2, 0.25) is 0 Å². The van der Waals surface area contributed by atoms with Crippen molar-refractivity contribution in [3.8, 4) is 0 Å². The monoisotopic (exact) mass is 478 g/mol. The summed E-state index contributed by atoms with van der Waals surface area (Å²) in [5.41, 5.74) is 2.52. The number of nitrogens with one attached hydrogen (secondary N) is 1. The van der Waals surface area contributed by atoms with Crippen LogP contribution in [0.15, 0.2) is 53.4 Å². The molecule has 1 saturated heterocycles. The highest BCUT2D eigenvalue weighted by atomic mass is 32.2. The van der Waals surface area contributed by atoms with Crippen LogP contribution in [-0.2, 0) is 11.3 Å². The molecule has 6 heteroatoms. The van der Waals surface area contributed by atoms with Crippen LogP contribution in [0.1, 0.15) is 72.9 Å². The van der Waals surface area contributed by atoms with Crippen molar-refractivity contribution in [1.29, 1.82) is 0 Å². The van der Waals surface area contributed by atoms with Crippen molar-refractivity contribution in [2.75, 3.05) is 0 Å². The van der Waals surface area contributed by atoms with E-state index in [-0.39, 0.29) is 23.7 Å². The normalized spacial score (nSPS) is 24.3. The van der Waals surface area contributed by atoms with Crippen LogP contribution in [0.5, 0.6) is 0 Å². The summed E-state index contributed by atoms with van der Waals surface area (Å²) in [6.45, 7) is 0.498. The number of nitrogens with zero attached hydrogens (tertiary/aromatic N) is 1. The number of hydrogen-bond acceptors (Lipinski definition) is 3. The Morgan fingerprint density at radius 2 is 1.65 bits per heavy atom. The predicted molar refractivity (Wildman–Crippen MR) is 135 cm³/mol. The molecule has 2 unspecified atom stereocenters. The minimum absolute atomic E-state index is 0.0234. The molecule has 2 saturated carbocycles. The molecule has 5 rings (SSSR count). The maximum absolute atomic E-state index is 13.5. The van der Waals surface area contributed by atoms with Crippen LogP contribution in [0.25, 0.3) is 6.08 Å². The van der Waals surface area contributed by atoms with E-state index in [2.05, 4.69) is 5.32 Å². The average molecular weight is 479 g/mol. The van der Waals surface area contributed by atoms with Crippen LogP contribution in [0.3, 0.4) is 0 Å². The molecule has 4 nitrogen and oxygen atoms in total. The van der Waals surface area contributed by atoms with Crippen molar-refractivity contribution < 1.29 is 14.0 Å². The first-order valence-electron chi connectivity index (χ1n) is 12.4. The zero-order chi connectivity index (χ0) is 23.5. The summed E-state index contributed by atoms with van der Waals surface area (Å²) in [4.78, 5) is 28.8. The lowest BCUT2D eigenvalue weighted by molar-refractivity contribution is -0.130. The summed E-state index contributed by atoms with van der Waals surface area (Å²) in [7, 11) is 0. The number of hydrogen-bond donors (Lipinski definition) is 1. The van der Waals surface area contributed by atoms with Gasteiger partial charge in [-0.15, -0.1) is 11.8 Å². The third-order valence-corrected chi connectivity index (χ3v) is 8.64. The standard InChI is InChI=1S/C28H31FN2O2S/c29-22-15-11-20(12-16-22)18-31-24-7-3-4-8-25(24)34-26(28(31)33)17-19-9-13-21(14-10-19)27(32)30-23-5-1-2-6-23/h9-17,23-25H,1-8,18H2,(H,30,32)/b26-17-. The fraction of sp³-hybridized carbons (Fsp3) is 0.429. The molecule has 2 aliphatic carbocycles. The van der Waals surface area contributed by atoms with Gasteiger partial charge >= 0.3 is 0 Å². The summed E-state index contributed by atoms with van der Waals surface area (Å²) < 4.78 is 13.4. The first-order valence-corrected chi connectivity index (χ1v) is 13.3. The second-order valence-electron chi connectivity index (χ2n) is 9.65. The molecule has 0 bridgehead atoms. The second-order valence-corrected chi connectivity index (χ2v) is 10.9. The van der Waals surface area contributed by atoms with E-state index in [1.54, 1.807) is 23.9 Å². The minimum Gasteiger partial charge on any atom is -0.349 e. The molecular formula is C28H31FN2O2S. The predicted octanol–water partition coefficient (Wildman–Crippen LogP) is 5.93. The van der Waals surface area contributed by atoms with Gasteiger partial charge in [-0.3, -0.25) is 9.59 Å². The van der Waals surface area contributed by atoms with E-state index in [0.717, 1.165) is 48.1 Å². The lowest BCUT2D eigenvalue weighted by Crippen LogP contribution is -2.50. The number of fused-ring (bicyclic) bond motifs is 1. The second kappa shape index (κ2) is 10.3. The van der Waals surface area contributed by atoms with Crippen LogP contribution in [0.4, 0.5) is 4.39 Å². The Balaban J connectivity index is 1.33. The van der Waals surface area contributed by atoms with Crippen LogP contribution < -0.4 is 5.32 Å². The Morgan fingerprint density at radius 3 is 2.38 bits per heavy atom. The number of halogens is 1. The van der Waals surface area contributed by atoms with Crippen LogP contribution >= 0.6 is 11.8 Å². The Morgan fingerprint density at radius 1 is 0.971 bits per heavy atom. The van der Waals surface area contributed by atoms with Crippen LogP contribution in [-0.4, -0.2) is 34.0 Å². The van der Waals surface area contributed by atoms with Gasteiger partial charge in [0.2, 0.25) is 0 Å². The van der Waals surface area contributed by atoms with Crippen molar-refractivity contribution in [2.45, 2.75) is 75.2 Å². The molecule has 3 fully saturated rings. The molecule has 2 amide bonds. The summed E-state index contributed by atoms with van der Waals surface area (Å²) in [5, 5.41) is 3.51. The summed E-state index contributed by atoms with van der Waals surface area (Å²) in [6, 6.07) is 14.5. The molecule has 178 valence electrons. The van der Waals surface area contributed by atoms with E-state index in [1.807, 2.05) is 35.2 Å². The number of thioether (sulfide) groups is 1. The molecule has 2 aromatic rings. The molecule has 2 atom stereocenters. The number of rotatable bonds is 5. The molecule has 1 aliphatic heterocycles. The number of benzene rings is 2. The Labute approximate surface area is 205 Å². The van der Waals surface area contributed by atoms with Gasteiger partial charge in [0, 0.05) is 29.4 Å². The van der Waals surface area contributed by atoms with Crippen molar-refractivity contribution in [3.63, 3.8) is 0 Å². The average Bonchev–Trinajstić information content (AvgIpc) is 3.36. The Bertz CT molecular complexity index is 1060. The quantitative estimate of drug-likeness (QED) is 0.542. The SMILES string of the molecule is O=C(NC1CCCC1)c1ccc(/C=C2\SC3CCCCC3N(Cc3ccc(F)cc3)C2=O)cc1. The third kappa shape index (κ3) is 5.22. The van der Waals surface area contributed by atoms with Gasteiger partial charge in [-0.05, 0) is 67.2 Å². The molecule has 0 radical (unpaired) electrons. The molecule has 0 spiro atoms. The van der Waals surface area contributed by atoms with E-state index >= 15 is 0 Å². The van der Waals surface area contributed by atoms with E-state index in [1.165, 1.54) is 31.4 Å². The van der Waals surface area contributed by atoms with Gasteiger partial charge in [0.05, 0.1) is 4.91 Å². The van der Waals surface area contributed by atoms with Gasteiger partial charge < -0.3 is 10.2 Å². The topological polar surface area (TPSA) is 49.4 Å². The minimum atomic E-state index is -0.263. The molecule has 1 N–H and O–H groups in total. The number of carbonyl (C=O) groups is 2. The first-order chi connectivity index (χ1) is 16.6. The van der Waals surface area contributed by atoms with Crippen molar-refractivity contribution >= 4 is 29.7 Å². The molecule has 3 aliphatic rings. The van der Waals surface area contributed by atoms with E-state index in [9.17, 15) is 14.0 Å². The van der Waals surface area contributed by atoms with Gasteiger partial charge in [-0.1, -0.05) is 49.9 Å². The smallest absolute Gasteiger partial charge is 0.260 e.